The Hall–Kier alpha value is -1.39. The molecule has 0 saturated carbocycles. The van der Waals surface area contributed by atoms with Crippen molar-refractivity contribution in [2.45, 2.75) is 73.3 Å². The Kier molecular flexibility index (Phi) is 13.1. The van der Waals surface area contributed by atoms with Crippen molar-refractivity contribution in [2.24, 2.45) is 17.8 Å². The highest BCUT2D eigenvalue weighted by Gasteiger charge is 2.35. The van der Waals surface area contributed by atoms with Crippen molar-refractivity contribution in [3.63, 3.8) is 0 Å². The number of nitrogens with one attached hydrogen (secondary N) is 1. The zero-order valence-corrected chi connectivity index (χ0v) is 20.3. The first-order chi connectivity index (χ1) is 13.5. The smallest absolute Gasteiger partial charge is 0.224 e. The predicted octanol–water partition coefficient (Wildman–Crippen LogP) is 4.72. The van der Waals surface area contributed by atoms with Gasteiger partial charge < -0.3 is 10.4 Å². The second kappa shape index (κ2) is 13.8. The van der Waals surface area contributed by atoms with Crippen LogP contribution in [-0.4, -0.2) is 48.7 Å². The second-order valence-electron chi connectivity index (χ2n) is 9.55. The molecule has 0 heterocycles. The fourth-order valence-corrected chi connectivity index (χ4v) is 3.60. The van der Waals surface area contributed by atoms with Gasteiger partial charge in [-0.1, -0.05) is 85.7 Å². The summed E-state index contributed by atoms with van der Waals surface area (Å²) in [5.41, 5.74) is 0.978. The van der Waals surface area contributed by atoms with Crippen molar-refractivity contribution in [1.29, 1.82) is 0 Å². The first-order valence-corrected chi connectivity index (χ1v) is 11.1. The predicted molar refractivity (Wildman–Crippen MR) is 125 cm³/mol. The van der Waals surface area contributed by atoms with Crippen LogP contribution >= 0.6 is 0 Å². The normalized spacial score (nSPS) is 13.8. The molecular weight excluding hydrogens is 360 g/mol. The lowest BCUT2D eigenvalue weighted by molar-refractivity contribution is -0.127. The molecule has 0 aromatic heterocycles. The molecule has 1 amide bonds. The number of hydrogen-bond acceptors (Lipinski definition) is 3. The van der Waals surface area contributed by atoms with Crippen LogP contribution in [0.4, 0.5) is 0 Å². The number of rotatable bonds is 10. The largest absolute Gasteiger partial charge is 0.395 e. The standard InChI is InChI=1S/C21H36N2O2.C4H10/c1-7-18(21(4,5)17-11-9-8-10-12-17)20(25)22-13-14-23(6)19(15-24)16(2)3;1-4(2)3/h8-12,16,18-19,24H,7,13-15H2,1-6H3,(H,22,25);4H,1-3H3/t18-,19-;/m1./s1. The fourth-order valence-electron chi connectivity index (χ4n) is 3.60. The summed E-state index contributed by atoms with van der Waals surface area (Å²) in [6.45, 7) is 18.5. The van der Waals surface area contributed by atoms with Gasteiger partial charge in [0.2, 0.25) is 5.91 Å². The molecule has 29 heavy (non-hydrogen) atoms. The van der Waals surface area contributed by atoms with Crippen LogP contribution in [0.15, 0.2) is 30.3 Å². The quantitative estimate of drug-likeness (QED) is 0.591. The van der Waals surface area contributed by atoms with Gasteiger partial charge in [0, 0.05) is 30.5 Å². The second-order valence-corrected chi connectivity index (χ2v) is 9.55. The van der Waals surface area contributed by atoms with Gasteiger partial charge in [-0.15, -0.1) is 0 Å². The van der Waals surface area contributed by atoms with Gasteiger partial charge in [0.15, 0.2) is 0 Å². The van der Waals surface area contributed by atoms with Gasteiger partial charge in [-0.2, -0.15) is 0 Å². The van der Waals surface area contributed by atoms with Crippen molar-refractivity contribution >= 4 is 5.91 Å². The SMILES string of the molecule is CC(C)C.CC[C@H](C(=O)NCCN(C)[C@H](CO)C(C)C)C(C)(C)c1ccccc1. The van der Waals surface area contributed by atoms with E-state index in [9.17, 15) is 9.90 Å². The van der Waals surface area contributed by atoms with Gasteiger partial charge in [0.1, 0.15) is 0 Å². The van der Waals surface area contributed by atoms with E-state index in [1.165, 1.54) is 5.56 Å². The van der Waals surface area contributed by atoms with E-state index in [1.54, 1.807) is 0 Å². The average Bonchev–Trinajstić information content (AvgIpc) is 2.62. The molecule has 1 rings (SSSR count). The van der Waals surface area contributed by atoms with Crippen LogP contribution in [0.3, 0.4) is 0 Å². The summed E-state index contributed by atoms with van der Waals surface area (Å²) < 4.78 is 0. The summed E-state index contributed by atoms with van der Waals surface area (Å²) in [6, 6.07) is 10.4. The molecule has 0 aliphatic heterocycles. The fraction of sp³-hybridized carbons (Fsp3) is 0.720. The number of amides is 1. The van der Waals surface area contributed by atoms with E-state index in [2.05, 4.69) is 77.7 Å². The number of aliphatic hydroxyl groups excluding tert-OH is 1. The minimum absolute atomic E-state index is 0.0704. The highest BCUT2D eigenvalue weighted by molar-refractivity contribution is 5.80. The van der Waals surface area contributed by atoms with Crippen molar-refractivity contribution < 1.29 is 9.90 Å². The summed E-state index contributed by atoms with van der Waals surface area (Å²) in [6.07, 6.45) is 0.800. The van der Waals surface area contributed by atoms with E-state index < -0.39 is 0 Å². The van der Waals surface area contributed by atoms with Crippen molar-refractivity contribution in [3.05, 3.63) is 35.9 Å². The molecule has 0 saturated heterocycles. The van der Waals surface area contributed by atoms with Gasteiger partial charge in [-0.25, -0.2) is 0 Å². The molecule has 1 aromatic rings. The number of carbonyl (C=O) groups is 1. The molecule has 0 spiro atoms. The molecule has 168 valence electrons. The highest BCUT2D eigenvalue weighted by Crippen LogP contribution is 2.33. The first-order valence-electron chi connectivity index (χ1n) is 11.1. The lowest BCUT2D eigenvalue weighted by Crippen LogP contribution is -2.46. The molecule has 0 bridgehead atoms. The molecule has 4 nitrogen and oxygen atoms in total. The Balaban J connectivity index is 0.00000178. The number of carbonyl (C=O) groups excluding carboxylic acids is 1. The number of benzene rings is 1. The molecule has 0 aliphatic carbocycles. The van der Waals surface area contributed by atoms with Crippen LogP contribution < -0.4 is 5.32 Å². The first kappa shape index (κ1) is 27.6. The number of aliphatic hydroxyl groups is 1. The van der Waals surface area contributed by atoms with Gasteiger partial charge >= 0.3 is 0 Å². The van der Waals surface area contributed by atoms with Crippen molar-refractivity contribution in [1.82, 2.24) is 10.2 Å². The molecule has 0 radical (unpaired) electrons. The van der Waals surface area contributed by atoms with E-state index >= 15 is 0 Å². The molecular formula is C25H46N2O2. The molecule has 4 heteroatoms. The molecule has 2 N–H and O–H groups in total. The number of likely N-dealkylation sites (N-methyl/N-ethyl adjacent to an activating group) is 1. The number of nitrogens with zero attached hydrogens (tertiary/aromatic N) is 1. The lowest BCUT2D eigenvalue weighted by atomic mass is 9.71. The van der Waals surface area contributed by atoms with Crippen LogP contribution in [0.25, 0.3) is 0 Å². The Morgan fingerprint density at radius 2 is 1.62 bits per heavy atom. The number of hydrogen-bond donors (Lipinski definition) is 2. The van der Waals surface area contributed by atoms with Gasteiger partial charge in [-0.3, -0.25) is 9.69 Å². The van der Waals surface area contributed by atoms with Crippen molar-refractivity contribution in [2.75, 3.05) is 26.7 Å². The third kappa shape index (κ3) is 9.77. The van der Waals surface area contributed by atoms with E-state index in [0.29, 0.717) is 12.5 Å². The maximum atomic E-state index is 12.8. The minimum Gasteiger partial charge on any atom is -0.395 e. The van der Waals surface area contributed by atoms with E-state index in [-0.39, 0.29) is 29.9 Å². The average molecular weight is 407 g/mol. The highest BCUT2D eigenvalue weighted by atomic mass is 16.3. The topological polar surface area (TPSA) is 52.6 Å². The summed E-state index contributed by atoms with van der Waals surface area (Å²) in [5.74, 6) is 1.25. The van der Waals surface area contributed by atoms with Gasteiger partial charge in [-0.05, 0) is 30.9 Å². The summed E-state index contributed by atoms with van der Waals surface area (Å²) in [5, 5.41) is 12.6. The Bertz CT molecular complexity index is 552. The zero-order valence-electron chi connectivity index (χ0n) is 20.3. The summed E-state index contributed by atoms with van der Waals surface area (Å²) in [4.78, 5) is 14.9. The van der Waals surface area contributed by atoms with Crippen molar-refractivity contribution in [3.8, 4) is 0 Å². The van der Waals surface area contributed by atoms with E-state index in [1.807, 2.05) is 25.2 Å². The van der Waals surface area contributed by atoms with Gasteiger partial charge in [0.25, 0.3) is 0 Å². The maximum absolute atomic E-state index is 12.8. The van der Waals surface area contributed by atoms with E-state index in [4.69, 9.17) is 0 Å². The molecule has 2 atom stereocenters. The maximum Gasteiger partial charge on any atom is 0.224 e. The van der Waals surface area contributed by atoms with Crippen LogP contribution in [0.1, 0.15) is 67.4 Å². The monoisotopic (exact) mass is 406 g/mol. The Morgan fingerprint density at radius 3 is 2.03 bits per heavy atom. The minimum atomic E-state index is -0.211. The van der Waals surface area contributed by atoms with Crippen LogP contribution in [0.2, 0.25) is 0 Å². The van der Waals surface area contributed by atoms with Crippen LogP contribution in [-0.2, 0) is 10.2 Å². The Morgan fingerprint density at radius 1 is 1.10 bits per heavy atom. The van der Waals surface area contributed by atoms with Gasteiger partial charge in [0.05, 0.1) is 6.61 Å². The third-order valence-corrected chi connectivity index (χ3v) is 5.40. The lowest BCUT2D eigenvalue weighted by Gasteiger charge is -2.34. The molecule has 0 unspecified atom stereocenters. The van der Waals surface area contributed by atoms with Crippen LogP contribution in [0.5, 0.6) is 0 Å². The molecule has 0 fully saturated rings. The Labute approximate surface area is 180 Å². The summed E-state index contributed by atoms with van der Waals surface area (Å²) in [7, 11) is 2.00. The van der Waals surface area contributed by atoms with Crippen LogP contribution in [0, 0.1) is 17.8 Å². The van der Waals surface area contributed by atoms with E-state index in [0.717, 1.165) is 18.9 Å². The summed E-state index contributed by atoms with van der Waals surface area (Å²) >= 11 is 0. The zero-order chi connectivity index (χ0) is 22.6. The third-order valence-electron chi connectivity index (χ3n) is 5.40. The molecule has 1 aromatic carbocycles. The molecule has 0 aliphatic rings.